The average Bonchev–Trinajstić information content (AvgIpc) is 2.69. The van der Waals surface area contributed by atoms with Crippen LogP contribution in [0.4, 0.5) is 0 Å². The summed E-state index contributed by atoms with van der Waals surface area (Å²) < 4.78 is 0. The summed E-state index contributed by atoms with van der Waals surface area (Å²) in [4.78, 5) is 0. The minimum Gasteiger partial charge on any atom is -0.393 e. The minimum atomic E-state index is -0.0781. The van der Waals surface area contributed by atoms with Crippen LogP contribution in [0.3, 0.4) is 0 Å². The van der Waals surface area contributed by atoms with Crippen LogP contribution in [0.2, 0.25) is 0 Å². The largest absolute Gasteiger partial charge is 0.393 e. The second-order valence-electron chi connectivity index (χ2n) is 15.5. The van der Waals surface area contributed by atoms with Gasteiger partial charge in [0.15, 0.2) is 0 Å². The number of rotatable bonds is 0. The SMILES string of the molecule is C[C@H]1[C@@H](O)CC[C@H]2[C@@]1(C)CC[C@H]1[C@]2(C)CC[C@@]2(C)[C@@H]3CC(C)(C)CC[C@]3(C)CC[C@]12C. The Bertz CT molecular complexity index is 741. The number of hydrogen-bond acceptors (Lipinski definition) is 1. The maximum atomic E-state index is 10.7. The second kappa shape index (κ2) is 6.55. The van der Waals surface area contributed by atoms with Crippen LogP contribution in [0.25, 0.3) is 0 Å². The number of aliphatic hydroxyl groups is 1. The molecule has 10 atom stereocenters. The Kier molecular flexibility index (Phi) is 4.80. The van der Waals surface area contributed by atoms with Gasteiger partial charge in [0.05, 0.1) is 6.10 Å². The molecule has 31 heavy (non-hydrogen) atoms. The van der Waals surface area contributed by atoms with Crippen molar-refractivity contribution < 1.29 is 5.11 Å². The van der Waals surface area contributed by atoms with E-state index in [-0.39, 0.29) is 6.10 Å². The van der Waals surface area contributed by atoms with Gasteiger partial charge < -0.3 is 5.11 Å². The van der Waals surface area contributed by atoms with Gasteiger partial charge in [0.1, 0.15) is 0 Å². The molecule has 0 aromatic heterocycles. The summed E-state index contributed by atoms with van der Waals surface area (Å²) in [6.45, 7) is 20.9. The fraction of sp³-hybridized carbons (Fsp3) is 1.00. The van der Waals surface area contributed by atoms with Crippen LogP contribution in [0.5, 0.6) is 0 Å². The Labute approximate surface area is 193 Å². The van der Waals surface area contributed by atoms with Crippen molar-refractivity contribution in [3.05, 3.63) is 0 Å². The van der Waals surface area contributed by atoms with E-state index in [0.29, 0.717) is 38.4 Å². The van der Waals surface area contributed by atoms with E-state index in [9.17, 15) is 5.11 Å². The van der Waals surface area contributed by atoms with Gasteiger partial charge in [-0.1, -0.05) is 55.4 Å². The highest BCUT2D eigenvalue weighted by atomic mass is 16.3. The molecule has 0 saturated heterocycles. The van der Waals surface area contributed by atoms with E-state index < -0.39 is 0 Å². The van der Waals surface area contributed by atoms with Crippen molar-refractivity contribution in [2.75, 3.05) is 0 Å². The molecule has 0 radical (unpaired) electrons. The first kappa shape index (κ1) is 22.7. The van der Waals surface area contributed by atoms with Crippen molar-refractivity contribution in [3.8, 4) is 0 Å². The summed E-state index contributed by atoms with van der Waals surface area (Å²) >= 11 is 0. The van der Waals surface area contributed by atoms with Gasteiger partial charge in [-0.05, 0) is 127 Å². The maximum absolute atomic E-state index is 10.7. The maximum Gasteiger partial charge on any atom is 0.0571 e. The van der Waals surface area contributed by atoms with E-state index >= 15 is 0 Å². The second-order valence-corrected chi connectivity index (χ2v) is 15.5. The van der Waals surface area contributed by atoms with Gasteiger partial charge in [0, 0.05) is 0 Å². The highest BCUT2D eigenvalue weighted by Gasteiger charge is 2.70. The van der Waals surface area contributed by atoms with Crippen LogP contribution in [-0.2, 0) is 0 Å². The van der Waals surface area contributed by atoms with E-state index in [0.717, 1.165) is 24.2 Å². The first-order valence-electron chi connectivity index (χ1n) is 13.9. The van der Waals surface area contributed by atoms with Gasteiger partial charge in [-0.2, -0.15) is 0 Å². The van der Waals surface area contributed by atoms with E-state index in [2.05, 4.69) is 55.4 Å². The van der Waals surface area contributed by atoms with Crippen LogP contribution in [-0.4, -0.2) is 11.2 Å². The molecular weight excluding hydrogens is 376 g/mol. The molecule has 0 unspecified atom stereocenters. The molecule has 5 aliphatic rings. The lowest BCUT2D eigenvalue weighted by Gasteiger charge is -2.75. The third-order valence-electron chi connectivity index (χ3n) is 13.9. The number of aliphatic hydroxyl groups excluding tert-OH is 1. The summed E-state index contributed by atoms with van der Waals surface area (Å²) in [5.74, 6) is 3.02. The van der Waals surface area contributed by atoms with Crippen molar-refractivity contribution in [1.82, 2.24) is 0 Å². The van der Waals surface area contributed by atoms with Gasteiger partial charge >= 0.3 is 0 Å². The zero-order valence-corrected chi connectivity index (χ0v) is 22.1. The predicted molar refractivity (Wildman–Crippen MR) is 131 cm³/mol. The number of fused-ring (bicyclic) bond motifs is 7. The molecule has 178 valence electrons. The normalized spacial score (nSPS) is 60.9. The van der Waals surface area contributed by atoms with Crippen LogP contribution in [0.1, 0.15) is 126 Å². The molecular formula is C30H52O. The number of hydrogen-bond donors (Lipinski definition) is 1. The molecule has 5 fully saturated rings. The summed E-state index contributed by atoms with van der Waals surface area (Å²) in [6.07, 6.45) is 15.1. The Balaban J connectivity index is 1.54. The van der Waals surface area contributed by atoms with Crippen LogP contribution in [0, 0.1) is 56.2 Å². The molecule has 0 aromatic carbocycles. The van der Waals surface area contributed by atoms with Crippen LogP contribution < -0.4 is 0 Å². The summed E-state index contributed by atoms with van der Waals surface area (Å²) in [6, 6.07) is 0. The fourth-order valence-electron chi connectivity index (χ4n) is 11.4. The summed E-state index contributed by atoms with van der Waals surface area (Å²) in [7, 11) is 0. The molecule has 0 aliphatic heterocycles. The van der Waals surface area contributed by atoms with Gasteiger partial charge in [0.25, 0.3) is 0 Å². The van der Waals surface area contributed by atoms with Crippen LogP contribution in [0.15, 0.2) is 0 Å². The quantitative estimate of drug-likeness (QED) is 0.412. The highest BCUT2D eigenvalue weighted by Crippen LogP contribution is 2.78. The molecule has 1 N–H and O–H groups in total. The first-order valence-corrected chi connectivity index (χ1v) is 13.9. The molecule has 0 heterocycles. The lowest BCUT2D eigenvalue weighted by molar-refractivity contribution is -0.263. The van der Waals surface area contributed by atoms with Crippen molar-refractivity contribution >= 4 is 0 Å². The summed E-state index contributed by atoms with van der Waals surface area (Å²) in [5.41, 5.74) is 2.88. The zero-order chi connectivity index (χ0) is 22.7. The average molecular weight is 429 g/mol. The van der Waals surface area contributed by atoms with Gasteiger partial charge in [-0.15, -0.1) is 0 Å². The Hall–Kier alpha value is -0.0400. The summed E-state index contributed by atoms with van der Waals surface area (Å²) in [5, 5.41) is 10.7. The van der Waals surface area contributed by atoms with Crippen molar-refractivity contribution in [2.45, 2.75) is 132 Å². The lowest BCUT2D eigenvalue weighted by Crippen LogP contribution is -2.67. The van der Waals surface area contributed by atoms with Crippen LogP contribution >= 0.6 is 0 Å². The van der Waals surface area contributed by atoms with Crippen molar-refractivity contribution in [3.63, 3.8) is 0 Å². The smallest absolute Gasteiger partial charge is 0.0571 e. The van der Waals surface area contributed by atoms with E-state index in [1.807, 2.05) is 0 Å². The van der Waals surface area contributed by atoms with Crippen molar-refractivity contribution in [2.24, 2.45) is 56.2 Å². The van der Waals surface area contributed by atoms with Crippen molar-refractivity contribution in [1.29, 1.82) is 0 Å². The Morgan fingerprint density at radius 2 is 1.19 bits per heavy atom. The third-order valence-corrected chi connectivity index (χ3v) is 13.9. The Morgan fingerprint density at radius 1 is 0.581 bits per heavy atom. The molecule has 5 aliphatic carbocycles. The molecule has 1 heteroatoms. The highest BCUT2D eigenvalue weighted by molar-refractivity contribution is 5.19. The van der Waals surface area contributed by atoms with Gasteiger partial charge in [0.2, 0.25) is 0 Å². The molecule has 0 spiro atoms. The standard InChI is InChI=1S/C30H52O/c1-20-21(31)9-10-22-27(20,5)12-11-23-28(22,6)16-18-30(8)24-19-25(2,3)13-14-26(24,4)15-17-29(23,30)7/h20-24,31H,9-19H2,1-8H3/t20-,21-,22-,23-,24+,26+,27-,28+,29+,30-/m0/s1. The molecule has 5 rings (SSSR count). The Morgan fingerprint density at radius 3 is 1.90 bits per heavy atom. The lowest BCUT2D eigenvalue weighted by atomic mass is 9.30. The zero-order valence-electron chi connectivity index (χ0n) is 22.1. The topological polar surface area (TPSA) is 20.2 Å². The minimum absolute atomic E-state index is 0.0781. The molecule has 5 saturated carbocycles. The fourth-order valence-corrected chi connectivity index (χ4v) is 11.4. The predicted octanol–water partition coefficient (Wildman–Crippen LogP) is 8.25. The molecule has 0 bridgehead atoms. The van der Waals surface area contributed by atoms with E-state index in [4.69, 9.17) is 0 Å². The van der Waals surface area contributed by atoms with E-state index in [1.165, 1.54) is 64.2 Å². The van der Waals surface area contributed by atoms with E-state index in [1.54, 1.807) is 0 Å². The molecule has 0 aromatic rings. The third kappa shape index (κ3) is 2.77. The van der Waals surface area contributed by atoms with Gasteiger partial charge in [-0.3, -0.25) is 0 Å². The first-order chi connectivity index (χ1) is 14.2. The molecule has 0 amide bonds. The molecule has 1 nitrogen and oxygen atoms in total. The monoisotopic (exact) mass is 428 g/mol. The van der Waals surface area contributed by atoms with Gasteiger partial charge in [-0.25, -0.2) is 0 Å².